The van der Waals surface area contributed by atoms with Crippen LogP contribution in [0, 0.1) is 5.92 Å². The maximum atomic E-state index is 6.16. The summed E-state index contributed by atoms with van der Waals surface area (Å²) in [5.41, 5.74) is 6.30. The van der Waals surface area contributed by atoms with Crippen molar-refractivity contribution in [3.63, 3.8) is 0 Å². The van der Waals surface area contributed by atoms with Gasteiger partial charge in [0.25, 0.3) is 0 Å². The number of furan rings is 1. The fourth-order valence-electron chi connectivity index (χ4n) is 3.35. The summed E-state index contributed by atoms with van der Waals surface area (Å²) in [6.07, 6.45) is 9.87. The van der Waals surface area contributed by atoms with Crippen LogP contribution in [0.2, 0.25) is 0 Å². The maximum absolute atomic E-state index is 6.16. The van der Waals surface area contributed by atoms with Crippen molar-refractivity contribution >= 4 is 0 Å². The van der Waals surface area contributed by atoms with E-state index in [4.69, 9.17) is 10.2 Å². The van der Waals surface area contributed by atoms with E-state index in [9.17, 15) is 0 Å². The van der Waals surface area contributed by atoms with Crippen LogP contribution in [0.15, 0.2) is 22.8 Å². The zero-order valence-corrected chi connectivity index (χ0v) is 12.0. The van der Waals surface area contributed by atoms with Crippen LogP contribution in [-0.4, -0.2) is 23.0 Å². The van der Waals surface area contributed by atoms with E-state index in [2.05, 4.69) is 17.9 Å². The van der Waals surface area contributed by atoms with Crippen molar-refractivity contribution < 1.29 is 4.42 Å². The second-order valence-corrected chi connectivity index (χ2v) is 6.64. The fraction of sp³-hybridized carbons (Fsp3) is 0.750. The molecule has 2 N–H and O–H groups in total. The molecule has 1 atom stereocenters. The summed E-state index contributed by atoms with van der Waals surface area (Å²) < 4.78 is 5.54. The Morgan fingerprint density at radius 3 is 2.63 bits per heavy atom. The van der Waals surface area contributed by atoms with Gasteiger partial charge in [0, 0.05) is 18.1 Å². The Labute approximate surface area is 116 Å². The highest BCUT2D eigenvalue weighted by Gasteiger charge is 2.42. The lowest BCUT2D eigenvalue weighted by atomic mass is 9.75. The molecule has 3 rings (SSSR count). The third-order valence-corrected chi connectivity index (χ3v) is 4.98. The molecule has 0 aromatic carbocycles. The molecule has 1 heterocycles. The van der Waals surface area contributed by atoms with Gasteiger partial charge in [0.2, 0.25) is 0 Å². The SMILES string of the molecule is CC(CN)(CC1CCC1)N(Cc1ccco1)C1CC1. The highest BCUT2D eigenvalue weighted by molar-refractivity contribution is 5.04. The van der Waals surface area contributed by atoms with Gasteiger partial charge in [0.1, 0.15) is 5.76 Å². The van der Waals surface area contributed by atoms with Crippen LogP contribution in [0.3, 0.4) is 0 Å². The molecule has 2 aliphatic rings. The monoisotopic (exact) mass is 262 g/mol. The first-order chi connectivity index (χ1) is 9.21. The van der Waals surface area contributed by atoms with E-state index in [1.54, 1.807) is 6.26 Å². The molecule has 1 aromatic rings. The van der Waals surface area contributed by atoms with E-state index in [1.165, 1.54) is 38.5 Å². The summed E-state index contributed by atoms with van der Waals surface area (Å²) in [4.78, 5) is 2.62. The van der Waals surface area contributed by atoms with Crippen molar-refractivity contribution in [2.75, 3.05) is 6.54 Å². The molecule has 0 radical (unpaired) electrons. The topological polar surface area (TPSA) is 42.4 Å². The first kappa shape index (κ1) is 13.2. The highest BCUT2D eigenvalue weighted by atomic mass is 16.3. The van der Waals surface area contributed by atoms with Gasteiger partial charge in [-0.1, -0.05) is 19.3 Å². The van der Waals surface area contributed by atoms with Crippen molar-refractivity contribution in [3.8, 4) is 0 Å². The van der Waals surface area contributed by atoms with E-state index in [-0.39, 0.29) is 5.54 Å². The smallest absolute Gasteiger partial charge is 0.117 e. The Morgan fingerprint density at radius 2 is 2.16 bits per heavy atom. The van der Waals surface area contributed by atoms with Gasteiger partial charge in [-0.25, -0.2) is 0 Å². The van der Waals surface area contributed by atoms with Gasteiger partial charge in [-0.2, -0.15) is 0 Å². The van der Waals surface area contributed by atoms with Crippen molar-refractivity contribution in [1.29, 1.82) is 0 Å². The normalized spacial score (nSPS) is 23.3. The van der Waals surface area contributed by atoms with Crippen molar-refractivity contribution in [2.45, 2.75) is 63.6 Å². The van der Waals surface area contributed by atoms with Gasteiger partial charge in [-0.3, -0.25) is 4.90 Å². The van der Waals surface area contributed by atoms with E-state index in [0.717, 1.165) is 30.8 Å². The average Bonchev–Trinajstić information content (AvgIpc) is 3.07. The molecule has 2 fully saturated rings. The Balaban J connectivity index is 1.72. The molecule has 2 saturated carbocycles. The molecule has 0 spiro atoms. The van der Waals surface area contributed by atoms with Crippen LogP contribution in [-0.2, 0) is 6.54 Å². The van der Waals surface area contributed by atoms with E-state index >= 15 is 0 Å². The quantitative estimate of drug-likeness (QED) is 0.821. The van der Waals surface area contributed by atoms with Crippen LogP contribution >= 0.6 is 0 Å². The number of nitrogens with zero attached hydrogens (tertiary/aromatic N) is 1. The maximum Gasteiger partial charge on any atom is 0.117 e. The Morgan fingerprint density at radius 1 is 1.37 bits per heavy atom. The second kappa shape index (κ2) is 5.29. The average molecular weight is 262 g/mol. The largest absolute Gasteiger partial charge is 0.468 e. The van der Waals surface area contributed by atoms with E-state index < -0.39 is 0 Å². The highest BCUT2D eigenvalue weighted by Crippen LogP contribution is 2.41. The third kappa shape index (κ3) is 2.87. The van der Waals surface area contributed by atoms with E-state index in [1.807, 2.05) is 6.07 Å². The Hall–Kier alpha value is -0.800. The van der Waals surface area contributed by atoms with Crippen molar-refractivity contribution in [2.24, 2.45) is 11.7 Å². The predicted octanol–water partition coefficient (Wildman–Crippen LogP) is 3.15. The van der Waals surface area contributed by atoms with Crippen molar-refractivity contribution in [1.82, 2.24) is 4.90 Å². The van der Waals surface area contributed by atoms with Crippen LogP contribution in [0.4, 0.5) is 0 Å². The van der Waals surface area contributed by atoms with Gasteiger partial charge in [0.15, 0.2) is 0 Å². The second-order valence-electron chi connectivity index (χ2n) is 6.64. The lowest BCUT2D eigenvalue weighted by molar-refractivity contribution is 0.0477. The minimum atomic E-state index is 0.138. The van der Waals surface area contributed by atoms with Gasteiger partial charge >= 0.3 is 0 Å². The van der Waals surface area contributed by atoms with Crippen LogP contribution in [0.5, 0.6) is 0 Å². The summed E-state index contributed by atoms with van der Waals surface area (Å²) in [5, 5.41) is 0. The molecular weight excluding hydrogens is 236 g/mol. The molecule has 19 heavy (non-hydrogen) atoms. The van der Waals surface area contributed by atoms with Crippen molar-refractivity contribution in [3.05, 3.63) is 24.2 Å². The predicted molar refractivity (Wildman–Crippen MR) is 76.7 cm³/mol. The number of hydrogen-bond acceptors (Lipinski definition) is 3. The van der Waals surface area contributed by atoms with Gasteiger partial charge in [0.05, 0.1) is 12.8 Å². The lowest BCUT2D eigenvalue weighted by Crippen LogP contribution is -2.53. The first-order valence-electron chi connectivity index (χ1n) is 7.70. The standard InChI is InChI=1S/C16H26N2O/c1-16(12-17,10-13-4-2-5-13)18(14-7-8-14)11-15-6-3-9-19-15/h3,6,9,13-14H,2,4-5,7-8,10-12,17H2,1H3. The number of hydrogen-bond donors (Lipinski definition) is 1. The molecule has 0 aliphatic heterocycles. The number of nitrogens with two attached hydrogens (primary N) is 1. The van der Waals surface area contributed by atoms with Gasteiger partial charge < -0.3 is 10.2 Å². The summed E-state index contributed by atoms with van der Waals surface area (Å²) in [6, 6.07) is 4.78. The van der Waals surface area contributed by atoms with Crippen LogP contribution in [0.25, 0.3) is 0 Å². The third-order valence-electron chi connectivity index (χ3n) is 4.98. The minimum Gasteiger partial charge on any atom is -0.468 e. The molecule has 1 unspecified atom stereocenters. The molecule has 0 saturated heterocycles. The molecule has 1 aromatic heterocycles. The summed E-state index contributed by atoms with van der Waals surface area (Å²) in [5.74, 6) is 1.96. The summed E-state index contributed by atoms with van der Waals surface area (Å²) in [6.45, 7) is 4.02. The molecule has 2 aliphatic carbocycles. The molecular formula is C16H26N2O. The first-order valence-corrected chi connectivity index (χ1v) is 7.70. The zero-order valence-electron chi connectivity index (χ0n) is 12.0. The van der Waals surface area contributed by atoms with Gasteiger partial charge in [-0.15, -0.1) is 0 Å². The Kier molecular flexibility index (Phi) is 3.68. The van der Waals surface area contributed by atoms with Gasteiger partial charge in [-0.05, 0) is 44.2 Å². The molecule has 0 amide bonds. The minimum absolute atomic E-state index is 0.138. The zero-order chi connectivity index (χ0) is 13.3. The van der Waals surface area contributed by atoms with Crippen LogP contribution in [0.1, 0.15) is 51.2 Å². The number of rotatable bonds is 7. The molecule has 3 nitrogen and oxygen atoms in total. The lowest BCUT2D eigenvalue weighted by Gasteiger charge is -2.44. The molecule has 0 bridgehead atoms. The molecule has 106 valence electrons. The molecule has 3 heteroatoms. The Bertz CT molecular complexity index is 395. The fourth-order valence-corrected chi connectivity index (χ4v) is 3.35. The van der Waals surface area contributed by atoms with E-state index in [0.29, 0.717) is 0 Å². The summed E-state index contributed by atoms with van der Waals surface area (Å²) >= 11 is 0. The van der Waals surface area contributed by atoms with Crippen LogP contribution < -0.4 is 5.73 Å². The summed E-state index contributed by atoms with van der Waals surface area (Å²) in [7, 11) is 0.